The lowest BCUT2D eigenvalue weighted by Gasteiger charge is -2.44. The Morgan fingerprint density at radius 2 is 1.25 bits per heavy atom. The fourth-order valence-electron chi connectivity index (χ4n) is 7.04. The minimum absolute atomic E-state index is 0.0331. The highest BCUT2D eigenvalue weighted by molar-refractivity contribution is 6.76. The molecule has 28 heteroatoms. The number of hydrogen-bond donors (Lipinski definition) is 1. The number of carbonyl (C=O) groups is 2. The molecule has 2 aromatic rings. The number of esters is 1. The summed E-state index contributed by atoms with van der Waals surface area (Å²) in [5, 5.41) is 2.15. The minimum atomic E-state index is -8.73. The topological polar surface area (TPSA) is 92.3 Å². The number of alkyl halides is 17. The summed E-state index contributed by atoms with van der Waals surface area (Å²) in [7, 11) is -2.79. The van der Waals surface area contributed by atoms with Gasteiger partial charge in [-0.3, -0.25) is 5.32 Å². The molecule has 0 bridgehead atoms. The van der Waals surface area contributed by atoms with Gasteiger partial charge in [0.15, 0.2) is 14.4 Å². The van der Waals surface area contributed by atoms with Gasteiger partial charge in [-0.05, 0) is 79.2 Å². The number of allylic oxidation sites excluding steroid dienone is 3. The SMILES string of the molecule is CCOC(=O)/C=C(C)/C=C/CC[C@H](OC)[C@@H](OC(=O)Nc1ccc(F)cc1F)c1ccc(OCCO[Si](CCC(F)(F)C(F)(F)C(F)(F)C(F)(F)C(F)(F)C(F)(F)C(F)(F)C(F)(F)F)(C(C)C)C(C)C)cc1. The lowest BCUT2D eigenvalue weighted by molar-refractivity contribution is -0.461. The van der Waals surface area contributed by atoms with Crippen molar-refractivity contribution in [1.82, 2.24) is 0 Å². The Hall–Kier alpha value is -4.73. The molecular formula is C44H50F19NO7Si. The molecule has 0 aliphatic heterocycles. The van der Waals surface area contributed by atoms with Gasteiger partial charge in [0.2, 0.25) is 0 Å². The molecule has 0 heterocycles. The Morgan fingerprint density at radius 1 is 0.722 bits per heavy atom. The van der Waals surface area contributed by atoms with E-state index in [4.69, 9.17) is 23.4 Å². The monoisotopic (exact) mass is 1090 g/mol. The molecule has 0 fully saturated rings. The van der Waals surface area contributed by atoms with E-state index in [1.807, 2.05) is 0 Å². The number of carbonyl (C=O) groups excluding carboxylic acids is 2. The Labute approximate surface area is 401 Å². The van der Waals surface area contributed by atoms with Crippen molar-refractivity contribution in [3.63, 3.8) is 0 Å². The number of rotatable bonds is 27. The van der Waals surface area contributed by atoms with Gasteiger partial charge in [0.05, 0.1) is 25.0 Å². The molecule has 0 aliphatic carbocycles. The van der Waals surface area contributed by atoms with E-state index in [1.165, 1.54) is 65.1 Å². The molecule has 8 nitrogen and oxygen atoms in total. The van der Waals surface area contributed by atoms with Crippen molar-refractivity contribution in [2.24, 2.45) is 0 Å². The molecule has 0 unspecified atom stereocenters. The third-order valence-corrected chi connectivity index (χ3v) is 16.9. The van der Waals surface area contributed by atoms with Crippen LogP contribution in [0.5, 0.6) is 5.75 Å². The van der Waals surface area contributed by atoms with Gasteiger partial charge in [-0.25, -0.2) is 18.4 Å². The van der Waals surface area contributed by atoms with E-state index in [0.717, 1.165) is 12.1 Å². The summed E-state index contributed by atoms with van der Waals surface area (Å²) in [5.74, 6) is -59.6. The number of nitrogens with one attached hydrogen (secondary N) is 1. The van der Waals surface area contributed by atoms with Crippen LogP contribution in [0.4, 0.5) is 93.9 Å². The summed E-state index contributed by atoms with van der Waals surface area (Å²) in [4.78, 5) is 24.8. The maximum atomic E-state index is 15.1. The molecule has 0 radical (unpaired) electrons. The molecule has 0 aromatic heterocycles. The normalized spacial score (nSPS) is 15.0. The summed E-state index contributed by atoms with van der Waals surface area (Å²) >= 11 is 0. The van der Waals surface area contributed by atoms with Gasteiger partial charge in [0.25, 0.3) is 0 Å². The van der Waals surface area contributed by atoms with Crippen LogP contribution in [0.25, 0.3) is 0 Å². The number of methoxy groups -OCH3 is 1. The van der Waals surface area contributed by atoms with E-state index in [9.17, 15) is 84.2 Å². The summed E-state index contributed by atoms with van der Waals surface area (Å²) in [5.41, 5.74) is -1.53. The standard InChI is InChI=1S/C44H50F19NO7Si/c1-8-68-34(65)23-27(6)11-9-10-12-33(67-7)35(71-36(66)64-32-18-15-29(45)24-31(32)46)28-13-16-30(17-14-28)69-20-21-70-72(25(2)3,26(4)5)22-19-37(47,48)38(49,50)39(51,52)40(53,54)41(55,56)42(57,58)43(59,60)44(61,62)63/h9,11,13-18,23-26,33,35H,8,10,12,19-22H2,1-7H3,(H,64,66)/b11-9+,27-23+/t33-,35-/m0/s1. The van der Waals surface area contributed by atoms with Gasteiger partial charge < -0.3 is 23.4 Å². The van der Waals surface area contributed by atoms with Crippen LogP contribution in [-0.2, 0) is 23.4 Å². The summed E-state index contributed by atoms with van der Waals surface area (Å²) < 4.78 is 292. The minimum Gasteiger partial charge on any atom is -0.491 e. The van der Waals surface area contributed by atoms with Crippen molar-refractivity contribution in [3.05, 3.63) is 83.5 Å². The molecule has 1 amide bonds. The summed E-state index contributed by atoms with van der Waals surface area (Å²) in [6, 6.07) is 6.32. The molecule has 0 spiro atoms. The van der Waals surface area contributed by atoms with E-state index in [0.29, 0.717) is 11.6 Å². The van der Waals surface area contributed by atoms with Crippen LogP contribution in [0.3, 0.4) is 0 Å². The maximum absolute atomic E-state index is 15.1. The molecule has 1 N–H and O–H groups in total. The van der Waals surface area contributed by atoms with Crippen LogP contribution < -0.4 is 10.1 Å². The smallest absolute Gasteiger partial charge is 0.460 e. The second-order valence-electron chi connectivity index (χ2n) is 16.6. The molecule has 0 saturated heterocycles. The third kappa shape index (κ3) is 13.7. The van der Waals surface area contributed by atoms with E-state index in [-0.39, 0.29) is 30.8 Å². The molecule has 410 valence electrons. The Bertz CT molecular complexity index is 2160. The fraction of sp³-hybridized carbons (Fsp3) is 0.591. The zero-order chi connectivity index (χ0) is 55.7. The Balaban J connectivity index is 2.34. The lowest BCUT2D eigenvalue weighted by Crippen LogP contribution is -2.74. The van der Waals surface area contributed by atoms with E-state index >= 15 is 8.78 Å². The summed E-state index contributed by atoms with van der Waals surface area (Å²) in [6.45, 7) is 7.49. The number of hydrogen-bond acceptors (Lipinski definition) is 7. The van der Waals surface area contributed by atoms with Crippen LogP contribution in [0, 0.1) is 11.6 Å². The molecule has 2 rings (SSSR count). The second kappa shape index (κ2) is 24.1. The highest BCUT2D eigenvalue weighted by Gasteiger charge is 2.95. The Kier molecular flexibility index (Phi) is 21.2. The van der Waals surface area contributed by atoms with E-state index in [2.05, 4.69) is 5.32 Å². The largest absolute Gasteiger partial charge is 0.491 e. The van der Waals surface area contributed by atoms with Crippen LogP contribution in [-0.4, -0.2) is 101 Å². The lowest BCUT2D eigenvalue weighted by atomic mass is 9.88. The number of halogens is 19. The second-order valence-corrected chi connectivity index (χ2v) is 21.7. The average molecular weight is 1090 g/mol. The van der Waals surface area contributed by atoms with Gasteiger partial charge in [-0.15, -0.1) is 0 Å². The fourth-order valence-corrected chi connectivity index (χ4v) is 11.5. The predicted octanol–water partition coefficient (Wildman–Crippen LogP) is 14.7. The van der Waals surface area contributed by atoms with Crippen molar-refractivity contribution in [2.75, 3.05) is 32.2 Å². The van der Waals surface area contributed by atoms with Gasteiger partial charge in [-0.2, -0.15) is 74.6 Å². The highest BCUT2D eigenvalue weighted by Crippen LogP contribution is 2.64. The first-order chi connectivity index (χ1) is 32.8. The first-order valence-corrected chi connectivity index (χ1v) is 23.6. The molecular weight excluding hydrogens is 1040 g/mol. The number of ether oxygens (including phenoxy) is 4. The van der Waals surface area contributed by atoms with Crippen molar-refractivity contribution in [2.45, 2.75) is 138 Å². The zero-order valence-corrected chi connectivity index (χ0v) is 40.1. The number of benzene rings is 2. The van der Waals surface area contributed by atoms with Gasteiger partial charge >= 0.3 is 59.7 Å². The van der Waals surface area contributed by atoms with Crippen LogP contribution in [0.15, 0.2) is 66.3 Å². The van der Waals surface area contributed by atoms with E-state index < -0.39 is 134 Å². The van der Waals surface area contributed by atoms with Crippen molar-refractivity contribution in [3.8, 4) is 5.75 Å². The Morgan fingerprint density at radius 3 is 1.74 bits per heavy atom. The van der Waals surface area contributed by atoms with E-state index in [1.54, 1.807) is 26.0 Å². The van der Waals surface area contributed by atoms with Crippen molar-refractivity contribution >= 4 is 26.1 Å². The summed E-state index contributed by atoms with van der Waals surface area (Å²) in [6.07, 6.45) is -8.86. The van der Waals surface area contributed by atoms with Gasteiger partial charge in [0.1, 0.15) is 24.0 Å². The molecule has 0 saturated carbocycles. The maximum Gasteiger partial charge on any atom is 0.460 e. The van der Waals surface area contributed by atoms with Gasteiger partial charge in [-0.1, -0.05) is 52.0 Å². The van der Waals surface area contributed by atoms with Crippen molar-refractivity contribution in [1.29, 1.82) is 0 Å². The zero-order valence-electron chi connectivity index (χ0n) is 39.1. The highest BCUT2D eigenvalue weighted by atomic mass is 28.4. The number of amides is 1. The van der Waals surface area contributed by atoms with Crippen LogP contribution >= 0.6 is 0 Å². The van der Waals surface area contributed by atoms with Crippen LogP contribution in [0.2, 0.25) is 17.1 Å². The van der Waals surface area contributed by atoms with Gasteiger partial charge in [0, 0.05) is 25.7 Å². The van der Waals surface area contributed by atoms with Crippen molar-refractivity contribution < 1.29 is 116 Å². The first-order valence-electron chi connectivity index (χ1n) is 21.3. The number of anilines is 1. The predicted molar refractivity (Wildman–Crippen MR) is 223 cm³/mol. The molecule has 2 aromatic carbocycles. The molecule has 72 heavy (non-hydrogen) atoms. The van der Waals surface area contributed by atoms with Crippen LogP contribution in [0.1, 0.15) is 72.5 Å². The molecule has 2 atom stereocenters. The molecule has 0 aliphatic rings. The third-order valence-electron chi connectivity index (χ3n) is 11.2. The average Bonchev–Trinajstić information content (AvgIpc) is 3.25. The first kappa shape index (κ1) is 63.4. The quantitative estimate of drug-likeness (QED) is 0.0238.